The summed E-state index contributed by atoms with van der Waals surface area (Å²) in [5, 5.41) is 0.608. The van der Waals surface area contributed by atoms with Crippen molar-refractivity contribution in [1.29, 1.82) is 0 Å². The third-order valence-corrected chi connectivity index (χ3v) is 3.50. The van der Waals surface area contributed by atoms with Crippen molar-refractivity contribution in [2.45, 2.75) is 0 Å². The monoisotopic (exact) mass is 265 g/mol. The van der Waals surface area contributed by atoms with Crippen molar-refractivity contribution in [3.63, 3.8) is 0 Å². The molecule has 1 heterocycles. The highest BCUT2D eigenvalue weighted by molar-refractivity contribution is 6.30. The topological polar surface area (TPSA) is 24.8 Å². The maximum Gasteiger partial charge on any atom is 0.254 e. The van der Waals surface area contributed by atoms with E-state index in [9.17, 15) is 4.79 Å². The number of quaternary nitrogens is 1. The molecule has 1 fully saturated rings. The van der Waals surface area contributed by atoms with E-state index in [1.807, 2.05) is 23.1 Å². The number of carbonyl (C=O) groups excluding carboxylic acids is 1. The molecule has 2 rings (SSSR count). The Morgan fingerprint density at radius 1 is 1.44 bits per heavy atom. The lowest BCUT2D eigenvalue weighted by Gasteiger charge is -2.31. The molecule has 1 aliphatic heterocycles. The van der Waals surface area contributed by atoms with Crippen LogP contribution in [0, 0.1) is 0 Å². The summed E-state index contributed by atoms with van der Waals surface area (Å²) in [6.45, 7) is 8.29. The zero-order valence-electron chi connectivity index (χ0n) is 10.4. The van der Waals surface area contributed by atoms with E-state index in [4.69, 9.17) is 11.6 Å². The van der Waals surface area contributed by atoms with Gasteiger partial charge in [0.25, 0.3) is 5.91 Å². The first kappa shape index (κ1) is 13.1. The van der Waals surface area contributed by atoms with Crippen LogP contribution >= 0.6 is 11.6 Å². The fourth-order valence-electron chi connectivity index (χ4n) is 2.24. The first-order chi connectivity index (χ1) is 8.70. The Bertz CT molecular complexity index is 439. The third kappa shape index (κ3) is 3.12. The molecule has 3 nitrogen and oxygen atoms in total. The number of nitrogens with zero attached hydrogens (tertiary/aromatic N) is 1. The van der Waals surface area contributed by atoms with Crippen LogP contribution in [0.1, 0.15) is 10.4 Å². The Morgan fingerprint density at radius 2 is 2.17 bits per heavy atom. The maximum absolute atomic E-state index is 12.3. The van der Waals surface area contributed by atoms with Crippen LogP contribution < -0.4 is 4.90 Å². The minimum absolute atomic E-state index is 0.0788. The normalized spacial score (nSPS) is 16.6. The molecule has 0 aliphatic carbocycles. The van der Waals surface area contributed by atoms with Crippen molar-refractivity contribution < 1.29 is 9.69 Å². The van der Waals surface area contributed by atoms with Crippen molar-refractivity contribution in [3.8, 4) is 0 Å². The van der Waals surface area contributed by atoms with Gasteiger partial charge in [0.2, 0.25) is 0 Å². The second kappa shape index (κ2) is 6.03. The lowest BCUT2D eigenvalue weighted by molar-refractivity contribution is -0.898. The van der Waals surface area contributed by atoms with Gasteiger partial charge in [0.1, 0.15) is 0 Å². The minimum atomic E-state index is 0.0788. The van der Waals surface area contributed by atoms with Crippen LogP contribution in [0.4, 0.5) is 0 Å². The molecule has 1 aromatic carbocycles. The van der Waals surface area contributed by atoms with Crippen LogP contribution in [0.2, 0.25) is 5.02 Å². The smallest absolute Gasteiger partial charge is 0.254 e. The average Bonchev–Trinajstić information content (AvgIpc) is 2.39. The Kier molecular flexibility index (Phi) is 4.39. The molecule has 0 radical (unpaired) electrons. The molecule has 1 aromatic rings. The Balaban J connectivity index is 1.97. The SMILES string of the molecule is C=CC[NH+]1CCN(C(=O)c2cccc(Cl)c2)CC1. The van der Waals surface area contributed by atoms with E-state index in [1.54, 1.807) is 12.1 Å². The molecule has 96 valence electrons. The molecule has 18 heavy (non-hydrogen) atoms. The lowest BCUT2D eigenvalue weighted by Crippen LogP contribution is -3.14. The summed E-state index contributed by atoms with van der Waals surface area (Å²) in [4.78, 5) is 15.6. The van der Waals surface area contributed by atoms with Crippen LogP contribution in [0.15, 0.2) is 36.9 Å². The van der Waals surface area contributed by atoms with E-state index in [2.05, 4.69) is 6.58 Å². The van der Waals surface area contributed by atoms with Gasteiger partial charge >= 0.3 is 0 Å². The van der Waals surface area contributed by atoms with Gasteiger partial charge in [0.15, 0.2) is 0 Å². The highest BCUT2D eigenvalue weighted by Gasteiger charge is 2.23. The molecule has 4 heteroatoms. The zero-order valence-corrected chi connectivity index (χ0v) is 11.1. The Morgan fingerprint density at radius 3 is 2.78 bits per heavy atom. The number of amides is 1. The number of carbonyl (C=O) groups is 1. The molecule has 1 saturated heterocycles. The van der Waals surface area contributed by atoms with Crippen LogP contribution in [0.3, 0.4) is 0 Å². The van der Waals surface area contributed by atoms with E-state index < -0.39 is 0 Å². The van der Waals surface area contributed by atoms with E-state index in [-0.39, 0.29) is 5.91 Å². The molecular formula is C14H18ClN2O+. The third-order valence-electron chi connectivity index (χ3n) is 3.26. The summed E-state index contributed by atoms with van der Waals surface area (Å²) in [7, 11) is 0. The summed E-state index contributed by atoms with van der Waals surface area (Å²) in [6, 6.07) is 7.14. The Hall–Kier alpha value is -1.32. The molecule has 0 aromatic heterocycles. The zero-order chi connectivity index (χ0) is 13.0. The quantitative estimate of drug-likeness (QED) is 0.806. The van der Waals surface area contributed by atoms with Crippen molar-refractivity contribution in [2.24, 2.45) is 0 Å². The van der Waals surface area contributed by atoms with Crippen LogP contribution in [-0.2, 0) is 0 Å². The lowest BCUT2D eigenvalue weighted by atomic mass is 10.2. The number of halogens is 1. The van der Waals surface area contributed by atoms with Gasteiger partial charge in [-0.3, -0.25) is 4.79 Å². The number of hydrogen-bond donors (Lipinski definition) is 1. The van der Waals surface area contributed by atoms with Gasteiger partial charge in [0, 0.05) is 10.6 Å². The number of hydrogen-bond acceptors (Lipinski definition) is 1. The second-order valence-corrected chi connectivity index (χ2v) is 4.98. The first-order valence-corrected chi connectivity index (χ1v) is 6.58. The van der Waals surface area contributed by atoms with Gasteiger partial charge in [0.05, 0.1) is 32.7 Å². The fourth-order valence-corrected chi connectivity index (χ4v) is 2.43. The number of piperazine rings is 1. The maximum atomic E-state index is 12.3. The van der Waals surface area contributed by atoms with Crippen LogP contribution in [0.25, 0.3) is 0 Å². The van der Waals surface area contributed by atoms with Gasteiger partial charge in [-0.05, 0) is 24.3 Å². The molecule has 0 saturated carbocycles. The number of rotatable bonds is 3. The molecular weight excluding hydrogens is 248 g/mol. The number of nitrogens with one attached hydrogen (secondary N) is 1. The van der Waals surface area contributed by atoms with Crippen molar-refractivity contribution in [3.05, 3.63) is 47.5 Å². The first-order valence-electron chi connectivity index (χ1n) is 6.20. The van der Waals surface area contributed by atoms with Gasteiger partial charge in [-0.1, -0.05) is 24.2 Å². The predicted molar refractivity (Wildman–Crippen MR) is 73.1 cm³/mol. The molecule has 1 amide bonds. The molecule has 0 bridgehead atoms. The number of benzene rings is 1. The highest BCUT2D eigenvalue weighted by Crippen LogP contribution is 2.12. The summed E-state index contributed by atoms with van der Waals surface area (Å²) in [5.41, 5.74) is 0.676. The predicted octanol–water partition coefficient (Wildman–Crippen LogP) is 0.867. The van der Waals surface area contributed by atoms with E-state index in [0.717, 1.165) is 32.7 Å². The summed E-state index contributed by atoms with van der Waals surface area (Å²) in [6.07, 6.45) is 1.93. The van der Waals surface area contributed by atoms with E-state index in [0.29, 0.717) is 10.6 Å². The van der Waals surface area contributed by atoms with Crippen LogP contribution in [-0.4, -0.2) is 43.5 Å². The largest absolute Gasteiger partial charge is 0.329 e. The van der Waals surface area contributed by atoms with Crippen molar-refractivity contribution in [2.75, 3.05) is 32.7 Å². The fraction of sp³-hybridized carbons (Fsp3) is 0.357. The standard InChI is InChI=1S/C14H17ClN2O/c1-2-6-16-7-9-17(10-8-16)14(18)12-4-3-5-13(15)11-12/h2-5,11H,1,6-10H2/p+1. The van der Waals surface area contributed by atoms with E-state index in [1.165, 1.54) is 4.90 Å². The summed E-state index contributed by atoms with van der Waals surface area (Å²) >= 11 is 5.91. The molecule has 1 N–H and O–H groups in total. The van der Waals surface area contributed by atoms with Gasteiger partial charge < -0.3 is 9.80 Å². The highest BCUT2D eigenvalue weighted by atomic mass is 35.5. The molecule has 0 unspecified atom stereocenters. The second-order valence-electron chi connectivity index (χ2n) is 4.55. The Labute approximate surface area is 113 Å². The van der Waals surface area contributed by atoms with Gasteiger partial charge in [-0.25, -0.2) is 0 Å². The van der Waals surface area contributed by atoms with E-state index >= 15 is 0 Å². The summed E-state index contributed by atoms with van der Waals surface area (Å²) < 4.78 is 0. The molecule has 0 spiro atoms. The molecule has 1 aliphatic rings. The average molecular weight is 266 g/mol. The summed E-state index contributed by atoms with van der Waals surface area (Å²) in [5.74, 6) is 0.0788. The van der Waals surface area contributed by atoms with Crippen molar-refractivity contribution in [1.82, 2.24) is 4.90 Å². The minimum Gasteiger partial charge on any atom is -0.329 e. The van der Waals surface area contributed by atoms with Crippen LogP contribution in [0.5, 0.6) is 0 Å². The molecule has 0 atom stereocenters. The van der Waals surface area contributed by atoms with Gasteiger partial charge in [-0.2, -0.15) is 0 Å². The van der Waals surface area contributed by atoms with Gasteiger partial charge in [-0.15, -0.1) is 0 Å². The van der Waals surface area contributed by atoms with Crippen molar-refractivity contribution >= 4 is 17.5 Å².